The molecule has 4 saturated heterocycles. The first-order valence-corrected chi connectivity index (χ1v) is 17.1. The number of carbonyl (C=O) groups is 3. The van der Waals surface area contributed by atoms with Crippen molar-refractivity contribution in [2.45, 2.75) is 57.3 Å². The van der Waals surface area contributed by atoms with Crippen LogP contribution in [0.2, 0.25) is 0 Å². The van der Waals surface area contributed by atoms with Crippen LogP contribution in [0.15, 0.2) is 49.6 Å². The summed E-state index contributed by atoms with van der Waals surface area (Å²) in [4.78, 5) is 51.5. The summed E-state index contributed by atoms with van der Waals surface area (Å²) < 4.78 is 18.1. The number of amides is 3. The zero-order chi connectivity index (χ0) is 33.8. The number of fused-ring (bicyclic) bond motifs is 1. The summed E-state index contributed by atoms with van der Waals surface area (Å²) in [5, 5.41) is 9.55. The Morgan fingerprint density at radius 3 is 2.43 bits per heavy atom. The second-order valence-corrected chi connectivity index (χ2v) is 13.4. The first kappa shape index (κ1) is 35.1. The van der Waals surface area contributed by atoms with Gasteiger partial charge in [0.2, 0.25) is 17.7 Å². The minimum atomic E-state index is -1.15. The van der Waals surface area contributed by atoms with E-state index >= 15 is 0 Å². The number of unbranched alkanes of at least 4 members (excludes halogenated alkanes) is 1. The van der Waals surface area contributed by atoms with Crippen LogP contribution in [-0.4, -0.2) is 127 Å². The van der Waals surface area contributed by atoms with Crippen LogP contribution in [0.1, 0.15) is 40.0 Å². The van der Waals surface area contributed by atoms with E-state index < -0.39 is 29.1 Å². The molecule has 6 atom stereocenters. The van der Waals surface area contributed by atoms with Gasteiger partial charge in [-0.3, -0.25) is 19.3 Å². The molecular weight excluding hydrogens is 600 g/mol. The van der Waals surface area contributed by atoms with Crippen LogP contribution in [0.5, 0.6) is 5.75 Å². The molecule has 0 aliphatic carbocycles. The van der Waals surface area contributed by atoms with Crippen LogP contribution in [-0.2, 0) is 23.9 Å². The van der Waals surface area contributed by atoms with E-state index in [2.05, 4.69) is 25.0 Å². The molecule has 4 aliphatic heterocycles. The molecule has 11 nitrogen and oxygen atoms in total. The van der Waals surface area contributed by atoms with E-state index in [9.17, 15) is 19.5 Å². The second kappa shape index (κ2) is 14.9. The number of likely N-dealkylation sites (tertiary alicyclic amines) is 1. The van der Waals surface area contributed by atoms with E-state index in [1.807, 2.05) is 38.1 Å². The fourth-order valence-corrected chi connectivity index (χ4v) is 8.24. The molecule has 11 heteroatoms. The van der Waals surface area contributed by atoms with Crippen molar-refractivity contribution in [2.75, 3.05) is 77.1 Å². The van der Waals surface area contributed by atoms with Crippen molar-refractivity contribution >= 4 is 23.4 Å². The average Bonchev–Trinajstić information content (AvgIpc) is 3.58. The molecule has 47 heavy (non-hydrogen) atoms. The lowest BCUT2D eigenvalue weighted by Crippen LogP contribution is -2.57. The number of morpholine rings is 1. The average molecular weight is 653 g/mol. The predicted molar refractivity (Wildman–Crippen MR) is 179 cm³/mol. The predicted octanol–water partition coefficient (Wildman–Crippen LogP) is 2.73. The third-order valence-electron chi connectivity index (χ3n) is 10.6. The van der Waals surface area contributed by atoms with E-state index in [0.717, 1.165) is 13.1 Å². The van der Waals surface area contributed by atoms with E-state index in [0.29, 0.717) is 76.7 Å². The van der Waals surface area contributed by atoms with Gasteiger partial charge in [-0.25, -0.2) is 0 Å². The molecule has 4 heterocycles. The molecule has 4 fully saturated rings. The lowest BCUT2D eigenvalue weighted by Gasteiger charge is -2.39. The summed E-state index contributed by atoms with van der Waals surface area (Å²) in [6, 6.07) is 6.45. The van der Waals surface area contributed by atoms with Crippen LogP contribution >= 0.6 is 0 Å². The van der Waals surface area contributed by atoms with Crippen LogP contribution in [0.25, 0.3) is 0 Å². The SMILES string of the molecule is C=CCN(CCN1CCOCC1)C(=O)C1N(CCCCO)C(=O)[C@@H]2[C@@H](C(=O)N(CC=C)c3ccc(OCC)cc3)[C@]3(C)OC12CC3C. The van der Waals surface area contributed by atoms with Crippen molar-refractivity contribution in [3.8, 4) is 5.75 Å². The number of nitrogens with zero attached hydrogens (tertiary/aromatic N) is 4. The number of benzene rings is 1. The topological polar surface area (TPSA) is 112 Å². The molecule has 258 valence electrons. The molecule has 1 N–H and O–H groups in total. The summed E-state index contributed by atoms with van der Waals surface area (Å²) in [5.74, 6) is -1.64. The molecule has 1 spiro atoms. The Morgan fingerprint density at radius 2 is 1.79 bits per heavy atom. The molecule has 0 aromatic heterocycles. The molecule has 5 rings (SSSR count). The minimum absolute atomic E-state index is 0.0112. The number of ether oxygens (including phenoxy) is 3. The maximum absolute atomic E-state index is 14.8. The normalized spacial score (nSPS) is 29.9. The smallest absolute Gasteiger partial charge is 0.248 e. The first-order valence-electron chi connectivity index (χ1n) is 17.1. The van der Waals surface area contributed by atoms with E-state index in [1.54, 1.807) is 26.9 Å². The summed E-state index contributed by atoms with van der Waals surface area (Å²) in [7, 11) is 0. The number of anilines is 1. The lowest BCUT2D eigenvalue weighted by atomic mass is 9.62. The van der Waals surface area contributed by atoms with Gasteiger partial charge in [-0.15, -0.1) is 13.2 Å². The number of aliphatic hydroxyl groups excluding tert-OH is 1. The van der Waals surface area contributed by atoms with Crippen LogP contribution in [0.3, 0.4) is 0 Å². The zero-order valence-electron chi connectivity index (χ0n) is 28.3. The fraction of sp³-hybridized carbons (Fsp3) is 0.639. The molecule has 4 aliphatic rings. The van der Waals surface area contributed by atoms with Crippen molar-refractivity contribution in [3.05, 3.63) is 49.6 Å². The molecule has 3 unspecified atom stereocenters. The van der Waals surface area contributed by atoms with Crippen LogP contribution in [0, 0.1) is 17.8 Å². The van der Waals surface area contributed by atoms with Gasteiger partial charge in [0, 0.05) is 58.1 Å². The maximum Gasteiger partial charge on any atom is 0.248 e. The number of hydrogen-bond acceptors (Lipinski definition) is 8. The molecular formula is C36H52N4O7. The highest BCUT2D eigenvalue weighted by Crippen LogP contribution is 2.65. The van der Waals surface area contributed by atoms with Crippen molar-refractivity contribution in [3.63, 3.8) is 0 Å². The van der Waals surface area contributed by atoms with Gasteiger partial charge in [0.15, 0.2) is 0 Å². The summed E-state index contributed by atoms with van der Waals surface area (Å²) in [5.41, 5.74) is -1.43. The van der Waals surface area contributed by atoms with Gasteiger partial charge in [0.25, 0.3) is 0 Å². The van der Waals surface area contributed by atoms with Gasteiger partial charge in [-0.2, -0.15) is 0 Å². The Balaban J connectivity index is 1.50. The number of aliphatic hydroxyl groups is 1. The van der Waals surface area contributed by atoms with Gasteiger partial charge in [0.05, 0.1) is 37.3 Å². The number of carbonyl (C=O) groups excluding carboxylic acids is 3. The molecule has 0 radical (unpaired) electrons. The van der Waals surface area contributed by atoms with Gasteiger partial charge >= 0.3 is 0 Å². The van der Waals surface area contributed by atoms with E-state index in [1.165, 1.54) is 0 Å². The minimum Gasteiger partial charge on any atom is -0.494 e. The standard InChI is InChI=1S/C36H52N4O7/c1-6-15-38(19-18-37-20-23-45-24-21-37)34(44)31-36-25-26(4)35(5,47-36)29(30(36)33(43)40(31)17-9-10-22-41)32(42)39(16-7-2)27-11-13-28(14-12-27)46-8-3/h6-7,11-14,26,29-31,41H,1-2,8-10,15-25H2,3-5H3/t26?,29-,30-,31?,35+,36?/m0/s1. The molecule has 0 saturated carbocycles. The van der Waals surface area contributed by atoms with Crippen molar-refractivity contribution in [1.29, 1.82) is 0 Å². The first-order chi connectivity index (χ1) is 22.7. The van der Waals surface area contributed by atoms with Crippen LogP contribution < -0.4 is 9.64 Å². The third-order valence-corrected chi connectivity index (χ3v) is 10.6. The number of hydrogen-bond donors (Lipinski definition) is 1. The lowest BCUT2D eigenvalue weighted by molar-refractivity contribution is -0.152. The second-order valence-electron chi connectivity index (χ2n) is 13.4. The summed E-state index contributed by atoms with van der Waals surface area (Å²) >= 11 is 0. The largest absolute Gasteiger partial charge is 0.494 e. The van der Waals surface area contributed by atoms with Gasteiger partial charge < -0.3 is 34.0 Å². The molecule has 1 aromatic rings. The Bertz CT molecular complexity index is 1300. The Labute approximate surface area is 279 Å². The van der Waals surface area contributed by atoms with Crippen molar-refractivity contribution in [1.82, 2.24) is 14.7 Å². The molecule has 3 amide bonds. The van der Waals surface area contributed by atoms with E-state index in [4.69, 9.17) is 14.2 Å². The van der Waals surface area contributed by atoms with E-state index in [-0.39, 0.29) is 36.8 Å². The maximum atomic E-state index is 14.8. The highest BCUT2D eigenvalue weighted by atomic mass is 16.5. The highest BCUT2D eigenvalue weighted by molar-refractivity contribution is 6.03. The monoisotopic (exact) mass is 652 g/mol. The van der Waals surface area contributed by atoms with Gasteiger partial charge in [-0.05, 0) is 63.3 Å². The molecule has 2 bridgehead atoms. The summed E-state index contributed by atoms with van der Waals surface area (Å²) in [6.07, 6.45) is 4.91. The Morgan fingerprint density at radius 1 is 1.09 bits per heavy atom. The Kier molecular flexibility index (Phi) is 11.1. The number of rotatable bonds is 16. The quantitative estimate of drug-likeness (QED) is 0.215. The van der Waals surface area contributed by atoms with Crippen molar-refractivity contribution in [2.24, 2.45) is 17.8 Å². The molecule has 1 aromatic carbocycles. The van der Waals surface area contributed by atoms with Crippen molar-refractivity contribution < 1.29 is 33.7 Å². The Hall–Kier alpha value is -3.25. The highest BCUT2D eigenvalue weighted by Gasteiger charge is 2.80. The van der Waals surface area contributed by atoms with Crippen LogP contribution in [0.4, 0.5) is 5.69 Å². The third kappa shape index (κ3) is 6.47. The van der Waals surface area contributed by atoms with Gasteiger partial charge in [-0.1, -0.05) is 19.1 Å². The zero-order valence-corrected chi connectivity index (χ0v) is 28.3. The van der Waals surface area contributed by atoms with Gasteiger partial charge in [0.1, 0.15) is 17.4 Å². The summed E-state index contributed by atoms with van der Waals surface area (Å²) in [6.45, 7) is 19.2. The fourth-order valence-electron chi connectivity index (χ4n) is 8.24.